The number of carbonyl (C=O) groups excluding carboxylic acids is 1. The van der Waals surface area contributed by atoms with Gasteiger partial charge in [-0.05, 0) is 30.4 Å². The van der Waals surface area contributed by atoms with E-state index in [0.717, 1.165) is 12.1 Å². The molecule has 0 radical (unpaired) electrons. The lowest BCUT2D eigenvalue weighted by atomic mass is 9.93. The van der Waals surface area contributed by atoms with E-state index in [1.165, 1.54) is 6.07 Å². The van der Waals surface area contributed by atoms with E-state index in [4.69, 9.17) is 5.11 Å². The van der Waals surface area contributed by atoms with Crippen LogP contribution in [0, 0.1) is 5.92 Å². The molecule has 0 spiro atoms. The molecule has 1 amide bonds. The van der Waals surface area contributed by atoms with Gasteiger partial charge in [-0.15, -0.1) is 0 Å². The Morgan fingerprint density at radius 3 is 2.62 bits per heavy atom. The van der Waals surface area contributed by atoms with Crippen molar-refractivity contribution in [3.8, 4) is 0 Å². The molecule has 1 aliphatic carbocycles. The van der Waals surface area contributed by atoms with Gasteiger partial charge in [0.15, 0.2) is 0 Å². The second-order valence-corrected chi connectivity index (χ2v) is 5.66. The monoisotopic (exact) mass is 301 g/mol. The summed E-state index contributed by atoms with van der Waals surface area (Å²) in [5.41, 5.74) is -1.16. The first-order chi connectivity index (χ1) is 9.79. The fraction of sp³-hybridized carbons (Fsp3) is 0.533. The van der Waals surface area contributed by atoms with Crippen LogP contribution in [0.3, 0.4) is 0 Å². The lowest BCUT2D eigenvalue weighted by molar-refractivity contribution is -0.137. The number of hydrogen-bond donors (Lipinski definition) is 2. The van der Waals surface area contributed by atoms with Gasteiger partial charge in [-0.3, -0.25) is 4.79 Å². The van der Waals surface area contributed by atoms with Crippen molar-refractivity contribution in [1.82, 2.24) is 5.32 Å². The summed E-state index contributed by atoms with van der Waals surface area (Å²) in [6, 6.07) is 4.96. The molecule has 1 fully saturated rings. The van der Waals surface area contributed by atoms with Crippen LogP contribution in [0.1, 0.15) is 30.9 Å². The number of alkyl halides is 3. The zero-order chi connectivity index (χ0) is 15.7. The Balaban J connectivity index is 2.15. The van der Waals surface area contributed by atoms with Crippen molar-refractivity contribution >= 4 is 5.91 Å². The van der Waals surface area contributed by atoms with Crippen molar-refractivity contribution in [2.75, 3.05) is 13.2 Å². The summed E-state index contributed by atoms with van der Waals surface area (Å²) in [5.74, 6) is -0.339. The first kappa shape index (κ1) is 15.8. The number of halogens is 3. The Bertz CT molecular complexity index is 524. The third-order valence-electron chi connectivity index (χ3n) is 3.85. The Morgan fingerprint density at radius 2 is 2.10 bits per heavy atom. The first-order valence-corrected chi connectivity index (χ1v) is 6.86. The molecule has 1 aromatic rings. The quantitative estimate of drug-likeness (QED) is 0.878. The summed E-state index contributed by atoms with van der Waals surface area (Å²) in [7, 11) is 0. The van der Waals surface area contributed by atoms with Gasteiger partial charge in [0.05, 0.1) is 11.0 Å². The van der Waals surface area contributed by atoms with Crippen LogP contribution in [0.25, 0.3) is 0 Å². The van der Waals surface area contributed by atoms with Gasteiger partial charge >= 0.3 is 6.18 Å². The smallest absolute Gasteiger partial charge is 0.396 e. The van der Waals surface area contributed by atoms with E-state index in [-0.39, 0.29) is 18.4 Å². The first-order valence-electron chi connectivity index (χ1n) is 6.86. The number of aliphatic hydroxyl groups excluding tert-OH is 1. The van der Waals surface area contributed by atoms with E-state index in [9.17, 15) is 18.0 Å². The second-order valence-electron chi connectivity index (χ2n) is 5.66. The van der Waals surface area contributed by atoms with Crippen molar-refractivity contribution in [1.29, 1.82) is 0 Å². The van der Waals surface area contributed by atoms with Crippen LogP contribution in [0.4, 0.5) is 13.2 Å². The molecule has 3 nitrogen and oxygen atoms in total. The molecule has 0 saturated heterocycles. The van der Waals surface area contributed by atoms with Gasteiger partial charge in [-0.25, -0.2) is 0 Å². The van der Waals surface area contributed by atoms with Gasteiger partial charge in [0, 0.05) is 13.2 Å². The minimum absolute atomic E-state index is 0.0448. The lowest BCUT2D eigenvalue weighted by Gasteiger charge is -2.18. The maximum absolute atomic E-state index is 12.7. The minimum atomic E-state index is -4.41. The van der Waals surface area contributed by atoms with Crippen molar-refractivity contribution < 1.29 is 23.1 Å². The minimum Gasteiger partial charge on any atom is -0.396 e. The second kappa shape index (κ2) is 5.67. The van der Waals surface area contributed by atoms with Gasteiger partial charge in [-0.1, -0.05) is 25.1 Å². The van der Waals surface area contributed by atoms with E-state index in [0.29, 0.717) is 24.9 Å². The fourth-order valence-electron chi connectivity index (χ4n) is 2.27. The summed E-state index contributed by atoms with van der Waals surface area (Å²) < 4.78 is 38.2. The highest BCUT2D eigenvalue weighted by Crippen LogP contribution is 2.49. The van der Waals surface area contributed by atoms with Crippen LogP contribution in [0.2, 0.25) is 0 Å². The fourth-order valence-corrected chi connectivity index (χ4v) is 2.27. The molecule has 0 heterocycles. The average Bonchev–Trinajstić information content (AvgIpc) is 3.25. The van der Waals surface area contributed by atoms with Crippen LogP contribution in [0.5, 0.6) is 0 Å². The maximum atomic E-state index is 12.7. The van der Waals surface area contributed by atoms with Crippen LogP contribution in [-0.4, -0.2) is 24.2 Å². The SMILES string of the molecule is CC(CO)CNC(=O)C1(c2cccc(C(F)(F)F)c2)CC1. The van der Waals surface area contributed by atoms with Crippen molar-refractivity contribution in [3.05, 3.63) is 35.4 Å². The number of carbonyl (C=O) groups is 1. The zero-order valence-corrected chi connectivity index (χ0v) is 11.7. The maximum Gasteiger partial charge on any atom is 0.416 e. The average molecular weight is 301 g/mol. The van der Waals surface area contributed by atoms with Crippen LogP contribution >= 0.6 is 0 Å². The van der Waals surface area contributed by atoms with Gasteiger partial charge in [0.25, 0.3) is 0 Å². The van der Waals surface area contributed by atoms with Gasteiger partial charge < -0.3 is 10.4 Å². The van der Waals surface area contributed by atoms with Crippen LogP contribution < -0.4 is 5.32 Å². The van der Waals surface area contributed by atoms with E-state index in [1.54, 1.807) is 13.0 Å². The Morgan fingerprint density at radius 1 is 1.43 bits per heavy atom. The van der Waals surface area contributed by atoms with Crippen LogP contribution in [0.15, 0.2) is 24.3 Å². The van der Waals surface area contributed by atoms with E-state index in [2.05, 4.69) is 5.32 Å². The molecule has 1 aliphatic rings. The topological polar surface area (TPSA) is 49.3 Å². The van der Waals surface area contributed by atoms with Gasteiger partial charge in [-0.2, -0.15) is 13.2 Å². The molecule has 1 unspecified atom stereocenters. The van der Waals surface area contributed by atoms with E-state index >= 15 is 0 Å². The molecule has 1 saturated carbocycles. The summed E-state index contributed by atoms with van der Waals surface area (Å²) >= 11 is 0. The molecule has 0 bridgehead atoms. The lowest BCUT2D eigenvalue weighted by Crippen LogP contribution is -2.37. The largest absolute Gasteiger partial charge is 0.416 e. The molecular formula is C15H18F3NO2. The summed E-state index contributed by atoms with van der Waals surface area (Å²) in [5, 5.41) is 11.6. The highest BCUT2D eigenvalue weighted by atomic mass is 19.4. The molecule has 0 aliphatic heterocycles. The Hall–Kier alpha value is -1.56. The standard InChI is InChI=1S/C15H18F3NO2/c1-10(9-20)8-19-13(21)14(5-6-14)11-3-2-4-12(7-11)15(16,17)18/h2-4,7,10,20H,5-6,8-9H2,1H3,(H,19,21). The number of nitrogens with one attached hydrogen (secondary N) is 1. The molecule has 116 valence electrons. The third kappa shape index (κ3) is 3.37. The Labute approximate surface area is 121 Å². The predicted molar refractivity (Wildman–Crippen MR) is 71.6 cm³/mol. The summed E-state index contributed by atoms with van der Waals surface area (Å²) in [4.78, 5) is 12.2. The molecule has 1 aromatic carbocycles. The molecule has 1 atom stereocenters. The van der Waals surface area contributed by atoms with Crippen LogP contribution in [-0.2, 0) is 16.4 Å². The number of benzene rings is 1. The molecule has 0 aromatic heterocycles. The molecule has 2 rings (SSSR count). The zero-order valence-electron chi connectivity index (χ0n) is 11.7. The van der Waals surface area contributed by atoms with E-state index < -0.39 is 17.2 Å². The number of rotatable bonds is 5. The highest BCUT2D eigenvalue weighted by molar-refractivity contribution is 5.91. The normalized spacial score (nSPS) is 18.1. The van der Waals surface area contributed by atoms with E-state index in [1.807, 2.05) is 0 Å². The summed E-state index contributed by atoms with van der Waals surface area (Å²) in [6.45, 7) is 2.05. The molecule has 21 heavy (non-hydrogen) atoms. The predicted octanol–water partition coefficient (Wildman–Crippen LogP) is 2.48. The van der Waals surface area contributed by atoms with Gasteiger partial charge in [0.1, 0.15) is 0 Å². The molecular weight excluding hydrogens is 283 g/mol. The number of amides is 1. The summed E-state index contributed by atoms with van der Waals surface area (Å²) in [6.07, 6.45) is -3.31. The van der Waals surface area contributed by atoms with Crippen molar-refractivity contribution in [2.24, 2.45) is 5.92 Å². The molecule has 6 heteroatoms. The third-order valence-corrected chi connectivity index (χ3v) is 3.85. The van der Waals surface area contributed by atoms with Crippen molar-refractivity contribution in [3.63, 3.8) is 0 Å². The number of aliphatic hydroxyl groups is 1. The molecule has 2 N–H and O–H groups in total. The van der Waals surface area contributed by atoms with Crippen molar-refractivity contribution in [2.45, 2.75) is 31.4 Å². The highest BCUT2D eigenvalue weighted by Gasteiger charge is 2.51. The number of hydrogen-bond acceptors (Lipinski definition) is 2. The Kier molecular flexibility index (Phi) is 4.27. The van der Waals surface area contributed by atoms with Gasteiger partial charge in [0.2, 0.25) is 5.91 Å².